The monoisotopic (exact) mass is 391 g/mol. The van der Waals surface area contributed by atoms with Crippen LogP contribution in [-0.2, 0) is 6.42 Å². The van der Waals surface area contributed by atoms with Gasteiger partial charge in [0, 0.05) is 12.6 Å². The van der Waals surface area contributed by atoms with Crippen LogP contribution in [0.2, 0.25) is 0 Å². The summed E-state index contributed by atoms with van der Waals surface area (Å²) in [6.07, 6.45) is 5.90. The van der Waals surface area contributed by atoms with Crippen molar-refractivity contribution in [3.8, 4) is 6.07 Å². The van der Waals surface area contributed by atoms with E-state index in [0.717, 1.165) is 25.8 Å². The molecule has 1 fully saturated rings. The summed E-state index contributed by atoms with van der Waals surface area (Å²) in [5.74, 6) is 1.93. The predicted molar refractivity (Wildman–Crippen MR) is 119 cm³/mol. The Morgan fingerprint density at radius 1 is 1.21 bits per heavy atom. The molecule has 0 bridgehead atoms. The molecule has 0 saturated heterocycles. The van der Waals surface area contributed by atoms with E-state index >= 15 is 0 Å². The summed E-state index contributed by atoms with van der Waals surface area (Å²) in [5, 5.41) is 16.3. The molecule has 3 rings (SSSR count). The van der Waals surface area contributed by atoms with Crippen LogP contribution in [0, 0.1) is 36.5 Å². The van der Waals surface area contributed by atoms with Gasteiger partial charge in [-0.1, -0.05) is 39.0 Å². The molecule has 5 heteroatoms. The van der Waals surface area contributed by atoms with Crippen LogP contribution in [0.3, 0.4) is 0 Å². The average molecular weight is 392 g/mol. The highest BCUT2D eigenvalue weighted by atomic mass is 15.1. The van der Waals surface area contributed by atoms with Gasteiger partial charge in [0.25, 0.3) is 0 Å². The quantitative estimate of drug-likeness (QED) is 0.704. The van der Waals surface area contributed by atoms with Crippen molar-refractivity contribution >= 4 is 11.8 Å². The van der Waals surface area contributed by atoms with Gasteiger partial charge in [-0.25, -0.2) is 4.98 Å². The van der Waals surface area contributed by atoms with Crippen molar-refractivity contribution < 1.29 is 0 Å². The van der Waals surface area contributed by atoms with Crippen LogP contribution in [0.5, 0.6) is 0 Å². The summed E-state index contributed by atoms with van der Waals surface area (Å²) in [5.41, 5.74) is 4.72. The highest BCUT2D eigenvalue weighted by molar-refractivity contribution is 5.54. The van der Waals surface area contributed by atoms with Crippen molar-refractivity contribution in [1.82, 2.24) is 9.97 Å². The minimum absolute atomic E-state index is 0.295. The molecule has 1 aromatic carbocycles. The number of anilines is 2. The number of nitrogens with one attached hydrogen (secondary N) is 2. The van der Waals surface area contributed by atoms with Gasteiger partial charge in [-0.15, -0.1) is 0 Å². The number of nitrogens with zero attached hydrogens (tertiary/aromatic N) is 3. The van der Waals surface area contributed by atoms with Crippen LogP contribution in [0.15, 0.2) is 24.4 Å². The number of hydrogen-bond donors (Lipinski definition) is 2. The van der Waals surface area contributed by atoms with E-state index in [1.807, 2.05) is 0 Å². The summed E-state index contributed by atoms with van der Waals surface area (Å²) in [4.78, 5) is 8.93. The number of benzene rings is 1. The van der Waals surface area contributed by atoms with Crippen molar-refractivity contribution in [2.24, 2.45) is 11.3 Å². The smallest absolute Gasteiger partial charge is 0.224 e. The number of rotatable bonds is 6. The first kappa shape index (κ1) is 21.1. The van der Waals surface area contributed by atoms with E-state index in [2.05, 4.69) is 79.5 Å². The van der Waals surface area contributed by atoms with E-state index in [0.29, 0.717) is 34.7 Å². The van der Waals surface area contributed by atoms with Crippen molar-refractivity contribution in [1.29, 1.82) is 5.26 Å². The Morgan fingerprint density at radius 3 is 2.69 bits per heavy atom. The summed E-state index contributed by atoms with van der Waals surface area (Å²) in [6.45, 7) is 12.0. The third-order valence-electron chi connectivity index (χ3n) is 6.57. The average Bonchev–Trinajstić information content (AvgIpc) is 2.67. The maximum Gasteiger partial charge on any atom is 0.224 e. The van der Waals surface area contributed by atoms with Crippen molar-refractivity contribution in [2.45, 2.75) is 66.3 Å². The van der Waals surface area contributed by atoms with E-state index in [1.54, 1.807) is 6.20 Å². The van der Waals surface area contributed by atoms with E-state index in [-0.39, 0.29) is 0 Å². The standard InChI is InChI=1S/C24H33N5/c1-16-6-8-19(12-17(16)2)10-11-26-23-27-15-20(14-25)22(29-23)28-21-9-7-18(3)24(4,5)13-21/h6,8,12,15,18,21H,7,9-11,13H2,1-5H3,(H2,26,27,28,29)/t18-,21+/m0/s1. The van der Waals surface area contributed by atoms with Crippen LogP contribution in [-0.4, -0.2) is 22.6 Å². The topological polar surface area (TPSA) is 73.6 Å². The molecule has 0 radical (unpaired) electrons. The third-order valence-corrected chi connectivity index (χ3v) is 6.57. The van der Waals surface area contributed by atoms with Gasteiger partial charge in [0.1, 0.15) is 17.5 Å². The molecule has 154 valence electrons. The van der Waals surface area contributed by atoms with E-state index in [1.165, 1.54) is 23.1 Å². The third kappa shape index (κ3) is 5.26. The second-order valence-electron chi connectivity index (χ2n) is 9.18. The molecule has 0 aliphatic heterocycles. The van der Waals surface area contributed by atoms with Crippen LogP contribution < -0.4 is 10.6 Å². The fourth-order valence-electron chi connectivity index (χ4n) is 4.03. The molecule has 1 aliphatic rings. The summed E-state index contributed by atoms with van der Waals surface area (Å²) < 4.78 is 0. The van der Waals surface area contributed by atoms with Gasteiger partial charge >= 0.3 is 0 Å². The molecule has 1 saturated carbocycles. The second kappa shape index (κ2) is 8.82. The summed E-state index contributed by atoms with van der Waals surface area (Å²) in [7, 11) is 0. The van der Waals surface area contributed by atoms with Crippen molar-refractivity contribution in [2.75, 3.05) is 17.2 Å². The van der Waals surface area contributed by atoms with Crippen LogP contribution in [0.1, 0.15) is 62.3 Å². The Bertz CT molecular complexity index is 897. The van der Waals surface area contributed by atoms with Gasteiger partial charge in [-0.05, 0) is 67.6 Å². The highest BCUT2D eigenvalue weighted by Gasteiger charge is 2.34. The van der Waals surface area contributed by atoms with Gasteiger partial charge in [0.15, 0.2) is 0 Å². The van der Waals surface area contributed by atoms with E-state index in [4.69, 9.17) is 0 Å². The largest absolute Gasteiger partial charge is 0.366 e. The number of nitriles is 1. The maximum atomic E-state index is 9.47. The lowest BCUT2D eigenvalue weighted by Gasteiger charge is -2.41. The van der Waals surface area contributed by atoms with Crippen molar-refractivity contribution in [3.63, 3.8) is 0 Å². The molecule has 29 heavy (non-hydrogen) atoms. The van der Waals surface area contributed by atoms with Gasteiger partial charge < -0.3 is 10.6 Å². The van der Waals surface area contributed by atoms with Gasteiger partial charge in [-0.3, -0.25) is 0 Å². The predicted octanol–water partition coefficient (Wildman–Crippen LogP) is 5.25. The molecule has 1 heterocycles. The zero-order valence-corrected chi connectivity index (χ0v) is 18.3. The molecule has 2 N–H and O–H groups in total. The first-order chi connectivity index (χ1) is 13.8. The Kier molecular flexibility index (Phi) is 6.42. The SMILES string of the molecule is Cc1ccc(CCNc2ncc(C#N)c(N[C@@H]3CC[C@H](C)C(C)(C)C3)n2)cc1C. The Balaban J connectivity index is 1.64. The van der Waals surface area contributed by atoms with E-state index < -0.39 is 0 Å². The number of aryl methyl sites for hydroxylation is 2. The van der Waals surface area contributed by atoms with Crippen LogP contribution in [0.25, 0.3) is 0 Å². The van der Waals surface area contributed by atoms with Gasteiger partial charge in [-0.2, -0.15) is 10.2 Å². The zero-order valence-electron chi connectivity index (χ0n) is 18.3. The molecule has 1 aromatic heterocycles. The number of aromatic nitrogens is 2. The highest BCUT2D eigenvalue weighted by Crippen LogP contribution is 2.41. The van der Waals surface area contributed by atoms with Crippen LogP contribution in [0.4, 0.5) is 11.8 Å². The second-order valence-corrected chi connectivity index (χ2v) is 9.18. The molecular weight excluding hydrogens is 358 g/mol. The Morgan fingerprint density at radius 2 is 2.00 bits per heavy atom. The zero-order chi connectivity index (χ0) is 21.0. The molecule has 1 aliphatic carbocycles. The maximum absolute atomic E-state index is 9.47. The molecule has 0 amide bonds. The number of hydrogen-bond acceptors (Lipinski definition) is 5. The Hall–Kier alpha value is -2.61. The molecular formula is C24H33N5. The van der Waals surface area contributed by atoms with Gasteiger partial charge in [0.2, 0.25) is 5.95 Å². The lowest BCUT2D eigenvalue weighted by Crippen LogP contribution is -2.37. The molecule has 5 nitrogen and oxygen atoms in total. The fourth-order valence-corrected chi connectivity index (χ4v) is 4.03. The first-order valence-corrected chi connectivity index (χ1v) is 10.6. The van der Waals surface area contributed by atoms with Crippen LogP contribution >= 0.6 is 0 Å². The lowest BCUT2D eigenvalue weighted by molar-refractivity contribution is 0.143. The molecule has 2 atom stereocenters. The minimum atomic E-state index is 0.295. The first-order valence-electron chi connectivity index (χ1n) is 10.6. The van der Waals surface area contributed by atoms with Crippen molar-refractivity contribution in [3.05, 3.63) is 46.6 Å². The lowest BCUT2D eigenvalue weighted by atomic mass is 9.68. The molecule has 0 spiro atoms. The minimum Gasteiger partial charge on any atom is -0.366 e. The Labute approximate surface area is 175 Å². The van der Waals surface area contributed by atoms with Gasteiger partial charge in [0.05, 0.1) is 6.20 Å². The normalized spacial score (nSPS) is 20.7. The summed E-state index contributed by atoms with van der Waals surface area (Å²) in [6, 6.07) is 9.12. The molecule has 0 unspecified atom stereocenters. The summed E-state index contributed by atoms with van der Waals surface area (Å²) >= 11 is 0. The molecule has 2 aromatic rings. The van der Waals surface area contributed by atoms with E-state index in [9.17, 15) is 5.26 Å². The fraction of sp³-hybridized carbons (Fsp3) is 0.542.